The maximum absolute atomic E-state index is 3.45. The lowest BCUT2D eigenvalue weighted by molar-refractivity contribution is 0.378. The Morgan fingerprint density at radius 3 is 2.89 bits per heavy atom. The van der Waals surface area contributed by atoms with Crippen molar-refractivity contribution >= 4 is 0 Å². The van der Waals surface area contributed by atoms with Crippen molar-refractivity contribution in [3.05, 3.63) is 0 Å². The van der Waals surface area contributed by atoms with E-state index in [1.54, 1.807) is 0 Å². The lowest BCUT2D eigenvalue weighted by atomic mass is 9.96. The van der Waals surface area contributed by atoms with E-state index in [9.17, 15) is 0 Å². The lowest BCUT2D eigenvalue weighted by Crippen LogP contribution is -2.31. The first kappa shape index (κ1) is 5.72. The van der Waals surface area contributed by atoms with Crippen molar-refractivity contribution in [3.63, 3.8) is 0 Å². The smallest absolute Gasteiger partial charge is 0.0210 e. The van der Waals surface area contributed by atoms with E-state index in [4.69, 9.17) is 0 Å². The van der Waals surface area contributed by atoms with Crippen molar-refractivity contribution in [2.24, 2.45) is 5.92 Å². The van der Waals surface area contributed by atoms with Crippen LogP contribution in [0.5, 0.6) is 0 Å². The van der Waals surface area contributed by atoms with Gasteiger partial charge in [-0.05, 0) is 32.2 Å². The van der Waals surface area contributed by atoms with Crippen LogP contribution in [0.4, 0.5) is 0 Å². The molecule has 0 aliphatic heterocycles. The molecule has 2 aliphatic carbocycles. The van der Waals surface area contributed by atoms with Crippen molar-refractivity contribution < 1.29 is 0 Å². The molecule has 1 nitrogen and oxygen atoms in total. The van der Waals surface area contributed by atoms with Crippen LogP contribution in [0.15, 0.2) is 0 Å². The molecule has 0 saturated heterocycles. The van der Waals surface area contributed by atoms with E-state index in [1.807, 2.05) is 0 Å². The second-order valence-electron chi connectivity index (χ2n) is 3.55. The van der Waals surface area contributed by atoms with Crippen LogP contribution in [0.3, 0.4) is 0 Å². The van der Waals surface area contributed by atoms with Crippen LogP contribution in [0.2, 0.25) is 0 Å². The fourth-order valence-electron chi connectivity index (χ4n) is 2.33. The predicted molar refractivity (Wildman–Crippen MR) is 38.4 cm³/mol. The summed E-state index contributed by atoms with van der Waals surface area (Å²) in [6, 6.07) is 0. The topological polar surface area (TPSA) is 12.0 Å². The van der Waals surface area contributed by atoms with E-state index >= 15 is 0 Å². The first-order valence-electron chi connectivity index (χ1n) is 4.06. The van der Waals surface area contributed by atoms with Crippen LogP contribution in [0.1, 0.15) is 32.1 Å². The summed E-state index contributed by atoms with van der Waals surface area (Å²) in [5.41, 5.74) is 0.637. The Hall–Kier alpha value is -0.0400. The van der Waals surface area contributed by atoms with Gasteiger partial charge in [0.2, 0.25) is 0 Å². The van der Waals surface area contributed by atoms with Crippen LogP contribution in [0.25, 0.3) is 0 Å². The van der Waals surface area contributed by atoms with Gasteiger partial charge >= 0.3 is 0 Å². The SMILES string of the molecule is CNC12CCCCC1C2. The highest BCUT2D eigenvalue weighted by Gasteiger charge is 2.53. The highest BCUT2D eigenvalue weighted by Crippen LogP contribution is 2.52. The highest BCUT2D eigenvalue weighted by atomic mass is 15.0. The van der Waals surface area contributed by atoms with Crippen molar-refractivity contribution in [1.29, 1.82) is 0 Å². The predicted octanol–water partition coefficient (Wildman–Crippen LogP) is 1.54. The van der Waals surface area contributed by atoms with Gasteiger partial charge in [0.1, 0.15) is 0 Å². The average molecular weight is 125 g/mol. The Bertz CT molecular complexity index is 122. The third-order valence-electron chi connectivity index (χ3n) is 3.16. The summed E-state index contributed by atoms with van der Waals surface area (Å²) < 4.78 is 0. The fraction of sp³-hybridized carbons (Fsp3) is 1.00. The maximum atomic E-state index is 3.45. The maximum Gasteiger partial charge on any atom is 0.0210 e. The summed E-state index contributed by atoms with van der Waals surface area (Å²) in [5.74, 6) is 1.05. The molecule has 1 N–H and O–H groups in total. The molecule has 9 heavy (non-hydrogen) atoms. The Kier molecular flexibility index (Phi) is 1.10. The van der Waals surface area contributed by atoms with Gasteiger partial charge in [-0.15, -0.1) is 0 Å². The molecule has 52 valence electrons. The van der Waals surface area contributed by atoms with Crippen molar-refractivity contribution in [3.8, 4) is 0 Å². The van der Waals surface area contributed by atoms with Gasteiger partial charge in [-0.25, -0.2) is 0 Å². The molecular formula is C8H15N. The van der Waals surface area contributed by atoms with Gasteiger partial charge in [-0.3, -0.25) is 0 Å². The molecule has 0 aromatic heterocycles. The number of fused-ring (bicyclic) bond motifs is 1. The molecule has 2 unspecified atom stereocenters. The van der Waals surface area contributed by atoms with Crippen molar-refractivity contribution in [2.45, 2.75) is 37.6 Å². The largest absolute Gasteiger partial charge is 0.314 e. The zero-order valence-corrected chi connectivity index (χ0v) is 6.11. The van der Waals surface area contributed by atoms with Gasteiger partial charge in [0.25, 0.3) is 0 Å². The molecule has 0 bridgehead atoms. The summed E-state index contributed by atoms with van der Waals surface area (Å²) in [6.07, 6.45) is 7.32. The van der Waals surface area contributed by atoms with Crippen LogP contribution < -0.4 is 5.32 Å². The standard InChI is InChI=1S/C8H15N/c1-9-8-5-3-2-4-7(8)6-8/h7,9H,2-6H2,1H3. The van der Waals surface area contributed by atoms with E-state index < -0.39 is 0 Å². The fourth-order valence-corrected chi connectivity index (χ4v) is 2.33. The first-order valence-corrected chi connectivity index (χ1v) is 4.06. The molecule has 2 atom stereocenters. The monoisotopic (exact) mass is 125 g/mol. The molecule has 2 aliphatic rings. The van der Waals surface area contributed by atoms with Gasteiger partial charge < -0.3 is 5.32 Å². The van der Waals surface area contributed by atoms with Crippen molar-refractivity contribution in [2.75, 3.05) is 7.05 Å². The normalized spacial score (nSPS) is 48.3. The Balaban J connectivity index is 2.01. The van der Waals surface area contributed by atoms with E-state index in [1.165, 1.54) is 32.1 Å². The molecule has 2 rings (SSSR count). The zero-order chi connectivity index (χ0) is 6.32. The Labute approximate surface area is 56.8 Å². The van der Waals surface area contributed by atoms with E-state index in [0.717, 1.165) is 5.92 Å². The molecule has 2 saturated carbocycles. The van der Waals surface area contributed by atoms with E-state index in [2.05, 4.69) is 12.4 Å². The average Bonchev–Trinajstić information content (AvgIpc) is 2.62. The third-order valence-corrected chi connectivity index (χ3v) is 3.16. The molecule has 0 spiro atoms. The molecule has 2 fully saturated rings. The van der Waals surface area contributed by atoms with Gasteiger partial charge in [-0.2, -0.15) is 0 Å². The van der Waals surface area contributed by atoms with E-state index in [-0.39, 0.29) is 0 Å². The number of rotatable bonds is 1. The Morgan fingerprint density at radius 1 is 1.44 bits per heavy atom. The first-order chi connectivity index (χ1) is 4.37. The van der Waals surface area contributed by atoms with Crippen LogP contribution in [0, 0.1) is 5.92 Å². The summed E-state index contributed by atoms with van der Waals surface area (Å²) >= 11 is 0. The minimum atomic E-state index is 0.637. The van der Waals surface area contributed by atoms with Crippen molar-refractivity contribution in [1.82, 2.24) is 5.32 Å². The third kappa shape index (κ3) is 0.710. The second kappa shape index (κ2) is 1.72. The summed E-state index contributed by atoms with van der Waals surface area (Å²) in [6.45, 7) is 0. The number of nitrogens with one attached hydrogen (secondary N) is 1. The van der Waals surface area contributed by atoms with Crippen LogP contribution in [-0.2, 0) is 0 Å². The molecule has 0 radical (unpaired) electrons. The highest BCUT2D eigenvalue weighted by molar-refractivity contribution is 5.10. The number of hydrogen-bond donors (Lipinski definition) is 1. The van der Waals surface area contributed by atoms with E-state index in [0.29, 0.717) is 5.54 Å². The molecule has 1 heteroatoms. The molecule has 0 aromatic carbocycles. The molecule has 0 heterocycles. The minimum absolute atomic E-state index is 0.637. The quantitative estimate of drug-likeness (QED) is 0.560. The number of hydrogen-bond acceptors (Lipinski definition) is 1. The summed E-state index contributed by atoms with van der Waals surface area (Å²) in [5, 5.41) is 3.45. The summed E-state index contributed by atoms with van der Waals surface area (Å²) in [4.78, 5) is 0. The van der Waals surface area contributed by atoms with Gasteiger partial charge in [0.05, 0.1) is 0 Å². The lowest BCUT2D eigenvalue weighted by Gasteiger charge is -2.20. The minimum Gasteiger partial charge on any atom is -0.314 e. The molecular weight excluding hydrogens is 110 g/mol. The van der Waals surface area contributed by atoms with Gasteiger partial charge in [0.15, 0.2) is 0 Å². The Morgan fingerprint density at radius 2 is 2.33 bits per heavy atom. The second-order valence-corrected chi connectivity index (χ2v) is 3.55. The van der Waals surface area contributed by atoms with Crippen LogP contribution >= 0.6 is 0 Å². The summed E-state index contributed by atoms with van der Waals surface area (Å²) in [7, 11) is 2.12. The van der Waals surface area contributed by atoms with Crippen LogP contribution in [-0.4, -0.2) is 12.6 Å². The van der Waals surface area contributed by atoms with Gasteiger partial charge in [-0.1, -0.05) is 12.8 Å². The molecule has 0 aromatic rings. The molecule has 0 amide bonds. The van der Waals surface area contributed by atoms with Gasteiger partial charge in [0, 0.05) is 5.54 Å². The zero-order valence-electron chi connectivity index (χ0n) is 6.11.